The van der Waals surface area contributed by atoms with Crippen molar-refractivity contribution in [3.63, 3.8) is 0 Å². The Morgan fingerprint density at radius 2 is 1.91 bits per heavy atom. The van der Waals surface area contributed by atoms with E-state index >= 15 is 0 Å². The lowest BCUT2D eigenvalue weighted by Gasteiger charge is -2.34. The molecule has 3 atom stereocenters. The van der Waals surface area contributed by atoms with E-state index in [1.54, 1.807) is 0 Å². The highest BCUT2D eigenvalue weighted by molar-refractivity contribution is 7.89. The first-order valence-corrected chi connectivity index (χ1v) is 11.0. The van der Waals surface area contributed by atoms with Crippen LogP contribution in [0, 0.1) is 5.82 Å². The van der Waals surface area contributed by atoms with Gasteiger partial charge in [-0.25, -0.2) is 22.2 Å². The van der Waals surface area contributed by atoms with Gasteiger partial charge in [0.2, 0.25) is 16.4 Å². The molecule has 1 aromatic heterocycles. The molecule has 1 fully saturated rings. The number of amides is 1. The summed E-state index contributed by atoms with van der Waals surface area (Å²) in [6, 6.07) is 3.46. The Kier molecular flexibility index (Phi) is 6.78. The van der Waals surface area contributed by atoms with Crippen LogP contribution >= 0.6 is 11.6 Å². The number of alkyl halides is 4. The van der Waals surface area contributed by atoms with Gasteiger partial charge in [-0.3, -0.25) is 4.79 Å². The highest BCUT2D eigenvalue weighted by atomic mass is 35.5. The van der Waals surface area contributed by atoms with Crippen LogP contribution in [0.1, 0.15) is 24.5 Å². The maximum Gasteiger partial charge on any atom is 0.418 e. The second-order valence-electron chi connectivity index (χ2n) is 7.20. The van der Waals surface area contributed by atoms with E-state index in [-0.39, 0.29) is 16.5 Å². The summed E-state index contributed by atoms with van der Waals surface area (Å²) in [7, 11) is -4.42. The van der Waals surface area contributed by atoms with Crippen molar-refractivity contribution in [1.82, 2.24) is 14.2 Å². The zero-order valence-electron chi connectivity index (χ0n) is 16.4. The molecule has 6 nitrogen and oxygen atoms in total. The number of halogens is 6. The molecule has 13 heteroatoms. The Bertz CT molecular complexity index is 1100. The van der Waals surface area contributed by atoms with Crippen molar-refractivity contribution in [2.75, 3.05) is 0 Å². The smallest absolute Gasteiger partial charge is 0.324 e. The van der Waals surface area contributed by atoms with E-state index in [0.717, 1.165) is 39.5 Å². The van der Waals surface area contributed by atoms with Gasteiger partial charge in [0.05, 0.1) is 16.5 Å². The zero-order chi connectivity index (χ0) is 23.8. The van der Waals surface area contributed by atoms with E-state index in [1.807, 2.05) is 0 Å². The molecule has 2 heterocycles. The van der Waals surface area contributed by atoms with Crippen molar-refractivity contribution in [2.24, 2.45) is 0 Å². The molecule has 0 N–H and O–H groups in total. The van der Waals surface area contributed by atoms with Crippen molar-refractivity contribution >= 4 is 28.0 Å². The van der Waals surface area contributed by atoms with E-state index in [4.69, 9.17) is 11.6 Å². The lowest BCUT2D eigenvalue weighted by Crippen LogP contribution is -2.49. The van der Waals surface area contributed by atoms with Crippen LogP contribution in [0.5, 0.6) is 0 Å². The van der Waals surface area contributed by atoms with E-state index < -0.39 is 64.5 Å². The molecule has 0 aliphatic carbocycles. The van der Waals surface area contributed by atoms with E-state index in [0.29, 0.717) is 6.20 Å². The van der Waals surface area contributed by atoms with Crippen molar-refractivity contribution < 1.29 is 35.2 Å². The monoisotopic (exact) mass is 497 g/mol. The molecule has 0 radical (unpaired) electrons. The van der Waals surface area contributed by atoms with Gasteiger partial charge in [-0.05, 0) is 42.8 Å². The number of rotatable bonds is 6. The van der Waals surface area contributed by atoms with Crippen molar-refractivity contribution in [2.45, 2.75) is 49.3 Å². The second-order valence-corrected chi connectivity index (χ2v) is 9.43. The Hall–Kier alpha value is -2.31. The second kappa shape index (κ2) is 8.91. The first kappa shape index (κ1) is 24.3. The highest BCUT2D eigenvalue weighted by Gasteiger charge is 2.48. The minimum atomic E-state index is -4.81. The average molecular weight is 498 g/mol. The average Bonchev–Trinajstić information content (AvgIpc) is 3.00. The first-order valence-electron chi connectivity index (χ1n) is 9.22. The van der Waals surface area contributed by atoms with Gasteiger partial charge in [0, 0.05) is 19.2 Å². The molecule has 1 aliphatic rings. The van der Waals surface area contributed by atoms with Gasteiger partial charge in [0.1, 0.15) is 23.3 Å². The van der Waals surface area contributed by atoms with Crippen molar-refractivity contribution in [3.8, 4) is 0 Å². The standard InChI is InChI=1S/C19H17ClF5N3O3S/c1-11-16(22)7-18(28(11)32(30,31)14-4-2-13(21)3-5-14)27(10-29)9-12-6-17(20)26-8-15(12)19(23,24)25/h2-6,8,10-11,16,18H,7,9H2,1H3/t11-,16+,18-/m0/s1. The maximum absolute atomic E-state index is 14.6. The summed E-state index contributed by atoms with van der Waals surface area (Å²) in [5, 5.41) is -0.266. The van der Waals surface area contributed by atoms with E-state index in [9.17, 15) is 35.2 Å². The predicted octanol–water partition coefficient (Wildman–Crippen LogP) is 4.00. The lowest BCUT2D eigenvalue weighted by atomic mass is 10.1. The number of hydrogen-bond donors (Lipinski definition) is 0. The summed E-state index contributed by atoms with van der Waals surface area (Å²) in [5.74, 6) is -0.692. The number of sulfonamides is 1. The molecule has 1 saturated heterocycles. The molecule has 2 aromatic rings. The van der Waals surface area contributed by atoms with Crippen LogP contribution in [-0.4, -0.2) is 47.4 Å². The van der Waals surface area contributed by atoms with E-state index in [2.05, 4.69) is 4.98 Å². The highest BCUT2D eigenvalue weighted by Crippen LogP contribution is 2.37. The van der Waals surface area contributed by atoms with Gasteiger partial charge >= 0.3 is 6.18 Å². The fourth-order valence-electron chi connectivity index (χ4n) is 3.59. The molecular weight excluding hydrogens is 481 g/mol. The van der Waals surface area contributed by atoms with Gasteiger partial charge < -0.3 is 4.90 Å². The topological polar surface area (TPSA) is 70.6 Å². The zero-order valence-corrected chi connectivity index (χ0v) is 18.0. The van der Waals surface area contributed by atoms with Gasteiger partial charge in [0.25, 0.3) is 0 Å². The largest absolute Gasteiger partial charge is 0.418 e. The normalized spacial score (nSPS) is 22.2. The molecule has 3 rings (SSSR count). The molecule has 1 amide bonds. The Morgan fingerprint density at radius 3 is 2.47 bits per heavy atom. The predicted molar refractivity (Wildman–Crippen MR) is 104 cm³/mol. The third-order valence-corrected chi connectivity index (χ3v) is 7.38. The number of benzene rings is 1. The number of pyridine rings is 1. The van der Waals surface area contributed by atoms with Crippen LogP contribution in [0.2, 0.25) is 5.15 Å². The van der Waals surface area contributed by atoms with Crippen LogP contribution in [0.3, 0.4) is 0 Å². The third kappa shape index (κ3) is 4.71. The Balaban J connectivity index is 2.01. The van der Waals surface area contributed by atoms with Gasteiger partial charge in [-0.2, -0.15) is 17.5 Å². The summed E-state index contributed by atoms with van der Waals surface area (Å²) in [4.78, 5) is 15.6. The van der Waals surface area contributed by atoms with Crippen molar-refractivity contribution in [3.05, 3.63) is 58.6 Å². The van der Waals surface area contributed by atoms with Crippen LogP contribution < -0.4 is 0 Å². The minimum Gasteiger partial charge on any atom is -0.324 e. The summed E-state index contributed by atoms with van der Waals surface area (Å²) < 4.78 is 94.9. The summed E-state index contributed by atoms with van der Waals surface area (Å²) in [6.07, 6.45) is -7.73. The SMILES string of the molecule is C[C@H]1[C@H](F)C[C@@H](N(C=O)Cc2cc(Cl)ncc2C(F)(F)F)N1S(=O)(=O)c1ccc(F)cc1. The summed E-state index contributed by atoms with van der Waals surface area (Å²) in [5.41, 5.74) is -1.59. The maximum atomic E-state index is 14.6. The number of nitrogens with zero attached hydrogens (tertiary/aromatic N) is 3. The minimum absolute atomic E-state index is 0.150. The molecule has 0 bridgehead atoms. The van der Waals surface area contributed by atoms with Crippen LogP contribution in [-0.2, 0) is 27.5 Å². The van der Waals surface area contributed by atoms with Gasteiger partial charge in [-0.15, -0.1) is 0 Å². The molecule has 0 unspecified atom stereocenters. The molecule has 1 aliphatic heterocycles. The molecule has 32 heavy (non-hydrogen) atoms. The number of carbonyl (C=O) groups is 1. The van der Waals surface area contributed by atoms with Crippen molar-refractivity contribution in [1.29, 1.82) is 0 Å². The third-order valence-electron chi connectivity index (χ3n) is 5.18. The Labute approximate surface area is 185 Å². The molecule has 0 saturated carbocycles. The van der Waals surface area contributed by atoms with Crippen LogP contribution in [0.15, 0.2) is 41.4 Å². The van der Waals surface area contributed by atoms with Gasteiger partial charge in [-0.1, -0.05) is 11.6 Å². The van der Waals surface area contributed by atoms with E-state index in [1.165, 1.54) is 6.92 Å². The summed E-state index contributed by atoms with van der Waals surface area (Å²) >= 11 is 5.71. The molecule has 1 aromatic carbocycles. The van der Waals surface area contributed by atoms with Crippen LogP contribution in [0.25, 0.3) is 0 Å². The summed E-state index contributed by atoms with van der Waals surface area (Å²) in [6.45, 7) is 0.583. The molecule has 174 valence electrons. The molecular formula is C19H17ClF5N3O3S. The quantitative estimate of drug-likeness (QED) is 0.344. The fraction of sp³-hybridized carbons (Fsp3) is 0.368. The molecule has 0 spiro atoms. The Morgan fingerprint density at radius 1 is 1.28 bits per heavy atom. The first-order chi connectivity index (χ1) is 14.9. The van der Waals surface area contributed by atoms with Crippen LogP contribution in [0.4, 0.5) is 22.0 Å². The van der Waals surface area contributed by atoms with Gasteiger partial charge in [0.15, 0.2) is 0 Å². The number of carbonyl (C=O) groups excluding carboxylic acids is 1. The lowest BCUT2D eigenvalue weighted by molar-refractivity contribution is -0.139. The number of hydrogen-bond acceptors (Lipinski definition) is 4. The number of aromatic nitrogens is 1. The fourth-order valence-corrected chi connectivity index (χ4v) is 5.59.